The molecule has 210 valence electrons. The smallest absolute Gasteiger partial charge is 0.408 e. The zero-order valence-corrected chi connectivity index (χ0v) is 24.1. The second-order valence-electron chi connectivity index (χ2n) is 10.9. The maximum absolute atomic E-state index is 13.8. The molecule has 3 unspecified atom stereocenters. The van der Waals surface area contributed by atoms with Gasteiger partial charge in [-0.15, -0.1) is 0 Å². The Morgan fingerprint density at radius 3 is 2.22 bits per heavy atom. The molecule has 0 fully saturated rings. The van der Waals surface area contributed by atoms with Crippen LogP contribution in [0, 0.1) is 13.8 Å². The maximum atomic E-state index is 13.8. The monoisotopic (exact) mass is 519 g/mol. The minimum absolute atomic E-state index is 0.0582. The van der Waals surface area contributed by atoms with E-state index in [1.807, 2.05) is 39.0 Å². The molecule has 8 nitrogen and oxygen atoms in total. The van der Waals surface area contributed by atoms with Gasteiger partial charge in [-0.2, -0.15) is 0 Å². The fraction of sp³-hybridized carbons (Fsp3) is 0.690. The highest BCUT2D eigenvalue weighted by Crippen LogP contribution is 2.26. The lowest BCUT2D eigenvalue weighted by atomic mass is 9.97. The van der Waals surface area contributed by atoms with Crippen LogP contribution >= 0.6 is 0 Å². The molecule has 3 N–H and O–H groups in total. The Kier molecular flexibility index (Phi) is 13.7. The molecule has 0 aliphatic carbocycles. The molecular weight excluding hydrogens is 470 g/mol. The highest BCUT2D eigenvalue weighted by molar-refractivity contribution is 5.92. The molecule has 0 radical (unpaired) electrons. The number of nitrogens with one attached hydrogen (secondary N) is 2. The largest absolute Gasteiger partial charge is 0.444 e. The van der Waals surface area contributed by atoms with E-state index >= 15 is 0 Å². The molecule has 0 saturated carbocycles. The predicted molar refractivity (Wildman–Crippen MR) is 147 cm³/mol. The van der Waals surface area contributed by atoms with Crippen LogP contribution in [0.2, 0.25) is 0 Å². The van der Waals surface area contributed by atoms with Crippen LogP contribution < -0.4 is 10.6 Å². The van der Waals surface area contributed by atoms with Gasteiger partial charge in [0.15, 0.2) is 0 Å². The number of benzene rings is 1. The van der Waals surface area contributed by atoms with Crippen molar-refractivity contribution in [3.63, 3.8) is 0 Å². The van der Waals surface area contributed by atoms with Crippen molar-refractivity contribution in [3.05, 3.63) is 34.9 Å². The third-order valence-electron chi connectivity index (χ3n) is 6.22. The fourth-order valence-corrected chi connectivity index (χ4v) is 4.15. The first-order chi connectivity index (χ1) is 17.3. The lowest BCUT2D eigenvalue weighted by Gasteiger charge is -2.35. The van der Waals surface area contributed by atoms with E-state index in [-0.39, 0.29) is 11.9 Å². The minimum atomic E-state index is -1.24. The summed E-state index contributed by atoms with van der Waals surface area (Å²) in [7, 11) is 0. The summed E-state index contributed by atoms with van der Waals surface area (Å²) >= 11 is 0. The van der Waals surface area contributed by atoms with Crippen LogP contribution in [0.1, 0.15) is 103 Å². The Morgan fingerprint density at radius 2 is 1.68 bits per heavy atom. The van der Waals surface area contributed by atoms with Crippen molar-refractivity contribution in [2.24, 2.45) is 0 Å². The molecular formula is C29H49N3O5. The number of rotatable bonds is 14. The van der Waals surface area contributed by atoms with E-state index in [1.54, 1.807) is 20.8 Å². The number of ether oxygens (including phenoxy) is 1. The van der Waals surface area contributed by atoms with Crippen molar-refractivity contribution in [1.29, 1.82) is 0 Å². The highest BCUT2D eigenvalue weighted by Gasteiger charge is 2.36. The van der Waals surface area contributed by atoms with Crippen LogP contribution in [0.15, 0.2) is 18.2 Å². The van der Waals surface area contributed by atoms with Gasteiger partial charge in [0.25, 0.3) is 0 Å². The van der Waals surface area contributed by atoms with E-state index in [0.29, 0.717) is 18.5 Å². The number of aliphatic hydroxyl groups excluding tert-OH is 1. The van der Waals surface area contributed by atoms with Crippen LogP contribution in [0.3, 0.4) is 0 Å². The van der Waals surface area contributed by atoms with Crippen LogP contribution in [0.4, 0.5) is 4.79 Å². The summed E-state index contributed by atoms with van der Waals surface area (Å²) in [5, 5.41) is 15.6. The zero-order valence-electron chi connectivity index (χ0n) is 24.1. The van der Waals surface area contributed by atoms with Gasteiger partial charge in [0.05, 0.1) is 6.61 Å². The van der Waals surface area contributed by atoms with E-state index in [0.717, 1.165) is 43.2 Å². The summed E-state index contributed by atoms with van der Waals surface area (Å²) in [5.41, 5.74) is 2.04. The predicted octanol–water partition coefficient (Wildman–Crippen LogP) is 4.94. The zero-order chi connectivity index (χ0) is 28.2. The average molecular weight is 520 g/mol. The first-order valence-electron chi connectivity index (χ1n) is 13.6. The molecule has 0 saturated heterocycles. The molecule has 0 aromatic heterocycles. The SMILES string of the molecule is CCCCCCN(C(=O)C(CO)NC(=O)OC(C)(C)C)C(C(=O)NC(C)CCC)c1ccc(C)c(C)c1. The minimum Gasteiger partial charge on any atom is -0.444 e. The van der Waals surface area contributed by atoms with Crippen LogP contribution in [0.25, 0.3) is 0 Å². The number of hydrogen-bond acceptors (Lipinski definition) is 5. The van der Waals surface area contributed by atoms with Gasteiger partial charge in [-0.25, -0.2) is 4.79 Å². The van der Waals surface area contributed by atoms with Crippen molar-refractivity contribution in [1.82, 2.24) is 15.5 Å². The Hall–Kier alpha value is -2.61. The highest BCUT2D eigenvalue weighted by atomic mass is 16.6. The van der Waals surface area contributed by atoms with Gasteiger partial charge in [-0.3, -0.25) is 9.59 Å². The Morgan fingerprint density at radius 1 is 1.00 bits per heavy atom. The molecule has 0 aliphatic heterocycles. The first-order valence-corrected chi connectivity index (χ1v) is 13.6. The Balaban J connectivity index is 3.44. The quantitative estimate of drug-likeness (QED) is 0.302. The maximum Gasteiger partial charge on any atom is 0.408 e. The number of hydrogen-bond donors (Lipinski definition) is 3. The van der Waals surface area contributed by atoms with Crippen LogP contribution in [0.5, 0.6) is 0 Å². The molecule has 3 amide bonds. The number of unbranched alkanes of at least 4 members (excludes halogenated alkanes) is 3. The Bertz CT molecular complexity index is 881. The molecule has 8 heteroatoms. The number of carbonyl (C=O) groups excluding carboxylic acids is 3. The van der Waals surface area contributed by atoms with Gasteiger partial charge in [0.1, 0.15) is 17.7 Å². The molecule has 1 aromatic carbocycles. The Labute approximate surface area is 223 Å². The first kappa shape index (κ1) is 32.4. The summed E-state index contributed by atoms with van der Waals surface area (Å²) in [5.74, 6) is -0.798. The second kappa shape index (κ2) is 15.6. The van der Waals surface area contributed by atoms with Gasteiger partial charge < -0.3 is 25.4 Å². The number of aryl methyl sites for hydroxylation is 2. The second-order valence-corrected chi connectivity index (χ2v) is 10.9. The summed E-state index contributed by atoms with van der Waals surface area (Å²) < 4.78 is 5.30. The lowest BCUT2D eigenvalue weighted by Crippen LogP contribution is -2.55. The van der Waals surface area contributed by atoms with Crippen molar-refractivity contribution in [3.8, 4) is 0 Å². The molecule has 0 aliphatic rings. The standard InChI is InChI=1S/C29H49N3O5/c1-9-11-12-13-17-32(27(35)24(19-33)31-28(36)37-29(6,7)8)25(26(34)30-22(5)14-10-2)23-16-15-20(3)21(4)18-23/h15-16,18,22,24-25,33H,9-14,17,19H2,1-8H3,(H,30,34)(H,31,36). The number of alkyl carbamates (subject to hydrolysis) is 1. The normalized spacial score (nSPS) is 13.9. The molecule has 0 spiro atoms. The summed E-state index contributed by atoms with van der Waals surface area (Å²) in [6, 6.07) is 3.56. The van der Waals surface area contributed by atoms with Gasteiger partial charge in [-0.1, -0.05) is 57.7 Å². The molecule has 0 heterocycles. The summed E-state index contributed by atoms with van der Waals surface area (Å²) in [4.78, 5) is 41.5. The fourth-order valence-electron chi connectivity index (χ4n) is 4.15. The molecule has 37 heavy (non-hydrogen) atoms. The third kappa shape index (κ3) is 11.1. The van der Waals surface area contributed by atoms with Crippen molar-refractivity contribution >= 4 is 17.9 Å². The van der Waals surface area contributed by atoms with Crippen LogP contribution in [-0.2, 0) is 14.3 Å². The number of nitrogens with zero attached hydrogens (tertiary/aromatic N) is 1. The van der Waals surface area contributed by atoms with Gasteiger partial charge >= 0.3 is 6.09 Å². The van der Waals surface area contributed by atoms with E-state index in [1.165, 1.54) is 4.90 Å². The van der Waals surface area contributed by atoms with Gasteiger partial charge in [0.2, 0.25) is 11.8 Å². The van der Waals surface area contributed by atoms with Crippen LogP contribution in [-0.4, -0.2) is 58.8 Å². The van der Waals surface area contributed by atoms with Gasteiger partial charge in [0, 0.05) is 12.6 Å². The van der Waals surface area contributed by atoms with E-state index < -0.39 is 36.3 Å². The molecule has 1 aromatic rings. The van der Waals surface area contributed by atoms with Gasteiger partial charge in [-0.05, 0) is 71.1 Å². The van der Waals surface area contributed by atoms with E-state index in [2.05, 4.69) is 24.5 Å². The number of amides is 3. The van der Waals surface area contributed by atoms with E-state index in [9.17, 15) is 19.5 Å². The van der Waals surface area contributed by atoms with E-state index in [4.69, 9.17) is 4.74 Å². The van der Waals surface area contributed by atoms with Crippen molar-refractivity contribution < 1.29 is 24.2 Å². The molecule has 1 rings (SSSR count). The van der Waals surface area contributed by atoms with Crippen molar-refractivity contribution in [2.75, 3.05) is 13.2 Å². The lowest BCUT2D eigenvalue weighted by molar-refractivity contribution is -0.143. The summed E-state index contributed by atoms with van der Waals surface area (Å²) in [6.07, 6.45) is 4.57. The number of aliphatic hydroxyl groups is 1. The summed E-state index contributed by atoms with van der Waals surface area (Å²) in [6.45, 7) is 15.0. The van der Waals surface area contributed by atoms with Crippen molar-refractivity contribution in [2.45, 2.75) is 118 Å². The average Bonchev–Trinajstić information content (AvgIpc) is 2.80. The molecule has 0 bridgehead atoms. The third-order valence-corrected chi connectivity index (χ3v) is 6.22. The molecule has 3 atom stereocenters. The number of carbonyl (C=O) groups is 3. The topological polar surface area (TPSA) is 108 Å².